The Morgan fingerprint density at radius 3 is 2.66 bits per heavy atom. The number of likely N-dealkylation sites (tertiary alicyclic amines) is 1. The largest absolute Gasteiger partial charge is 0.352 e. The van der Waals surface area contributed by atoms with Crippen LogP contribution in [0.25, 0.3) is 11.0 Å². The predicted octanol–water partition coefficient (Wildman–Crippen LogP) is 4.91. The summed E-state index contributed by atoms with van der Waals surface area (Å²) in [4.78, 5) is 20.1. The number of carbonyl (C=O) groups is 1. The van der Waals surface area contributed by atoms with Crippen LogP contribution < -0.4 is 5.32 Å². The van der Waals surface area contributed by atoms with Crippen molar-refractivity contribution in [3.63, 3.8) is 0 Å². The molecule has 5 rings (SSSR count). The molecule has 2 aromatic carbocycles. The lowest BCUT2D eigenvalue weighted by atomic mass is 9.96. The summed E-state index contributed by atoms with van der Waals surface area (Å²) in [7, 11) is 0. The van der Waals surface area contributed by atoms with Crippen molar-refractivity contribution >= 4 is 28.5 Å². The Morgan fingerprint density at radius 1 is 1.09 bits per heavy atom. The van der Waals surface area contributed by atoms with Crippen LogP contribution in [0.3, 0.4) is 0 Å². The Labute approximate surface area is 194 Å². The number of hydrogen-bond acceptors (Lipinski definition) is 3. The summed E-state index contributed by atoms with van der Waals surface area (Å²) in [6.07, 6.45) is 4.43. The van der Waals surface area contributed by atoms with Crippen molar-refractivity contribution < 1.29 is 4.79 Å². The highest BCUT2D eigenvalue weighted by atomic mass is 35.5. The van der Waals surface area contributed by atoms with Crippen molar-refractivity contribution in [3.8, 4) is 0 Å². The summed E-state index contributed by atoms with van der Waals surface area (Å²) >= 11 is 5.98. The van der Waals surface area contributed by atoms with Gasteiger partial charge in [0.05, 0.1) is 11.0 Å². The second-order valence-electron chi connectivity index (χ2n) is 9.54. The second kappa shape index (κ2) is 9.24. The SMILES string of the molecule is C[C@@H]1CCn2c(nc3cc(C(=O)NCC4CCN(Cc5ccc(Cl)cc5)CC4)ccc32)C1. The second-order valence-corrected chi connectivity index (χ2v) is 9.97. The van der Waals surface area contributed by atoms with Gasteiger partial charge in [0.2, 0.25) is 0 Å². The molecule has 0 radical (unpaired) electrons. The van der Waals surface area contributed by atoms with Crippen LogP contribution in [0.15, 0.2) is 42.5 Å². The van der Waals surface area contributed by atoms with Gasteiger partial charge in [-0.2, -0.15) is 0 Å². The van der Waals surface area contributed by atoms with Gasteiger partial charge >= 0.3 is 0 Å². The van der Waals surface area contributed by atoms with E-state index in [-0.39, 0.29) is 5.91 Å². The van der Waals surface area contributed by atoms with Crippen molar-refractivity contribution in [1.29, 1.82) is 0 Å². The number of carbonyl (C=O) groups excluding carboxylic acids is 1. The van der Waals surface area contributed by atoms with Gasteiger partial charge in [0.25, 0.3) is 5.91 Å². The first-order valence-electron chi connectivity index (χ1n) is 11.8. The van der Waals surface area contributed by atoms with Crippen LogP contribution in [-0.4, -0.2) is 40.0 Å². The number of amides is 1. The molecule has 2 aliphatic rings. The molecule has 0 bridgehead atoms. The minimum absolute atomic E-state index is 0.00911. The Morgan fingerprint density at radius 2 is 1.88 bits per heavy atom. The van der Waals surface area contributed by atoms with Gasteiger partial charge in [-0.25, -0.2) is 4.98 Å². The highest BCUT2D eigenvalue weighted by Crippen LogP contribution is 2.26. The van der Waals surface area contributed by atoms with E-state index in [2.05, 4.69) is 39.9 Å². The molecule has 3 heterocycles. The van der Waals surface area contributed by atoms with Crippen molar-refractivity contribution in [2.75, 3.05) is 19.6 Å². The Kier molecular flexibility index (Phi) is 6.20. The molecule has 0 unspecified atom stereocenters. The van der Waals surface area contributed by atoms with E-state index in [0.717, 1.165) is 73.9 Å². The first-order valence-corrected chi connectivity index (χ1v) is 12.2. The van der Waals surface area contributed by atoms with Gasteiger partial charge in [-0.1, -0.05) is 30.7 Å². The van der Waals surface area contributed by atoms with Crippen molar-refractivity contribution in [2.45, 2.75) is 45.7 Å². The number of rotatable bonds is 5. The quantitative estimate of drug-likeness (QED) is 0.600. The Hall–Kier alpha value is -2.37. The van der Waals surface area contributed by atoms with E-state index in [1.54, 1.807) is 0 Å². The van der Waals surface area contributed by atoms with Gasteiger partial charge in [0.15, 0.2) is 0 Å². The fourth-order valence-corrected chi connectivity index (χ4v) is 5.15. The molecule has 0 saturated carbocycles. The summed E-state index contributed by atoms with van der Waals surface area (Å²) < 4.78 is 2.31. The Balaban J connectivity index is 1.13. The first-order chi connectivity index (χ1) is 15.5. The molecule has 0 aliphatic carbocycles. The number of aryl methyl sites for hydroxylation is 1. The summed E-state index contributed by atoms with van der Waals surface area (Å²) in [5, 5.41) is 3.95. The lowest BCUT2D eigenvalue weighted by Crippen LogP contribution is -2.38. The van der Waals surface area contributed by atoms with Crippen LogP contribution in [0, 0.1) is 11.8 Å². The minimum atomic E-state index is 0.00911. The summed E-state index contributed by atoms with van der Waals surface area (Å²) in [6, 6.07) is 14.1. The minimum Gasteiger partial charge on any atom is -0.352 e. The predicted molar refractivity (Wildman–Crippen MR) is 129 cm³/mol. The lowest BCUT2D eigenvalue weighted by molar-refractivity contribution is 0.0935. The third kappa shape index (κ3) is 4.69. The molecule has 3 aromatic rings. The average molecular weight is 451 g/mol. The molecule has 1 saturated heterocycles. The van der Waals surface area contributed by atoms with Gasteiger partial charge in [-0.15, -0.1) is 0 Å². The molecular formula is C26H31ClN4O. The standard InChI is InChI=1S/C26H31ClN4O/c1-18-8-13-31-24-7-4-21(15-23(24)29-25(31)14-18)26(32)28-16-19-9-11-30(12-10-19)17-20-2-5-22(27)6-3-20/h2-7,15,18-19H,8-14,16-17H2,1H3,(H,28,32)/t18-/m1/s1. The van der Waals surface area contributed by atoms with E-state index in [1.165, 1.54) is 12.0 Å². The van der Waals surface area contributed by atoms with Gasteiger partial charge in [-0.3, -0.25) is 9.69 Å². The maximum atomic E-state index is 12.8. The van der Waals surface area contributed by atoms with E-state index >= 15 is 0 Å². The van der Waals surface area contributed by atoms with Gasteiger partial charge < -0.3 is 9.88 Å². The molecular weight excluding hydrogens is 420 g/mol. The fourth-order valence-electron chi connectivity index (χ4n) is 5.03. The van der Waals surface area contributed by atoms with E-state index < -0.39 is 0 Å². The number of halogens is 1. The molecule has 1 N–H and O–H groups in total. The van der Waals surface area contributed by atoms with E-state index in [0.29, 0.717) is 17.4 Å². The lowest BCUT2D eigenvalue weighted by Gasteiger charge is -2.32. The number of nitrogens with zero attached hydrogens (tertiary/aromatic N) is 3. The number of benzene rings is 2. The van der Waals surface area contributed by atoms with Crippen LogP contribution in [0.2, 0.25) is 5.02 Å². The molecule has 1 amide bonds. The highest BCUT2D eigenvalue weighted by molar-refractivity contribution is 6.30. The molecule has 168 valence electrons. The topological polar surface area (TPSA) is 50.2 Å². The molecule has 1 aromatic heterocycles. The van der Waals surface area contributed by atoms with Gasteiger partial charge in [-0.05, 0) is 80.1 Å². The van der Waals surface area contributed by atoms with Crippen molar-refractivity contribution in [2.24, 2.45) is 11.8 Å². The molecule has 1 fully saturated rings. The summed E-state index contributed by atoms with van der Waals surface area (Å²) in [5.74, 6) is 2.38. The van der Waals surface area contributed by atoms with E-state index in [9.17, 15) is 4.79 Å². The van der Waals surface area contributed by atoms with Crippen LogP contribution in [0.1, 0.15) is 47.9 Å². The third-order valence-electron chi connectivity index (χ3n) is 7.04. The van der Waals surface area contributed by atoms with E-state index in [4.69, 9.17) is 16.6 Å². The molecule has 2 aliphatic heterocycles. The third-order valence-corrected chi connectivity index (χ3v) is 7.30. The number of aromatic nitrogens is 2. The number of nitrogens with one attached hydrogen (secondary N) is 1. The van der Waals surface area contributed by atoms with Crippen molar-refractivity contribution in [1.82, 2.24) is 19.8 Å². The van der Waals surface area contributed by atoms with Crippen LogP contribution in [0.4, 0.5) is 0 Å². The normalized spacial score (nSPS) is 19.8. The smallest absolute Gasteiger partial charge is 0.251 e. The van der Waals surface area contributed by atoms with E-state index in [1.807, 2.05) is 24.3 Å². The summed E-state index contributed by atoms with van der Waals surface area (Å²) in [6.45, 7) is 7.13. The molecule has 6 heteroatoms. The van der Waals surface area contributed by atoms with Crippen molar-refractivity contribution in [3.05, 3.63) is 64.4 Å². The number of piperidine rings is 1. The maximum absolute atomic E-state index is 12.8. The first kappa shape index (κ1) is 21.5. The average Bonchev–Trinajstić information content (AvgIpc) is 3.16. The highest BCUT2D eigenvalue weighted by Gasteiger charge is 2.22. The number of fused-ring (bicyclic) bond motifs is 3. The summed E-state index contributed by atoms with van der Waals surface area (Å²) in [5.41, 5.74) is 4.10. The fraction of sp³-hybridized carbons (Fsp3) is 0.462. The van der Waals surface area contributed by atoms with Gasteiger partial charge in [0.1, 0.15) is 5.82 Å². The maximum Gasteiger partial charge on any atom is 0.251 e. The van der Waals surface area contributed by atoms with Crippen LogP contribution in [0.5, 0.6) is 0 Å². The Bertz CT molecular complexity index is 1100. The molecule has 0 spiro atoms. The van der Waals surface area contributed by atoms with Gasteiger partial charge in [0, 0.05) is 36.6 Å². The number of hydrogen-bond donors (Lipinski definition) is 1. The van der Waals surface area contributed by atoms with Crippen LogP contribution >= 0.6 is 11.6 Å². The molecule has 1 atom stereocenters. The molecule has 32 heavy (non-hydrogen) atoms. The van der Waals surface area contributed by atoms with Crippen LogP contribution in [-0.2, 0) is 19.5 Å². The monoisotopic (exact) mass is 450 g/mol. The zero-order valence-electron chi connectivity index (χ0n) is 18.7. The molecule has 5 nitrogen and oxygen atoms in total. The zero-order valence-corrected chi connectivity index (χ0v) is 19.4. The number of imidazole rings is 1. The zero-order chi connectivity index (χ0) is 22.1.